The van der Waals surface area contributed by atoms with Crippen molar-refractivity contribution in [3.63, 3.8) is 0 Å². The van der Waals surface area contributed by atoms with Crippen LogP contribution in [0.3, 0.4) is 0 Å². The van der Waals surface area contributed by atoms with E-state index in [1.165, 1.54) is 5.57 Å². The Morgan fingerprint density at radius 1 is 1.00 bits per heavy atom. The van der Waals surface area contributed by atoms with Gasteiger partial charge in [0.25, 0.3) is 0 Å². The number of hydrogen-bond donors (Lipinski definition) is 0. The van der Waals surface area contributed by atoms with Gasteiger partial charge in [-0.15, -0.1) is 0 Å². The first kappa shape index (κ1) is 18.7. The lowest BCUT2D eigenvalue weighted by atomic mass is 9.45. The maximum atomic E-state index is 13.8. The summed E-state index contributed by atoms with van der Waals surface area (Å²) in [6.07, 6.45) is 7.48. The molecule has 0 amide bonds. The van der Waals surface area contributed by atoms with Crippen LogP contribution in [0.25, 0.3) is 0 Å². The van der Waals surface area contributed by atoms with Crippen molar-refractivity contribution in [2.24, 2.45) is 28.6 Å². The first-order valence-electron chi connectivity index (χ1n) is 11.1. The summed E-state index contributed by atoms with van der Waals surface area (Å²) in [5, 5.41) is 0. The Morgan fingerprint density at radius 3 is 2.62 bits per heavy atom. The third-order valence-corrected chi connectivity index (χ3v) is 9.65. The molecule has 6 aliphatic rings. The fraction of sp³-hybridized carbons (Fsp3) is 0.826. The van der Waals surface area contributed by atoms with Gasteiger partial charge in [-0.05, 0) is 55.4 Å². The molecule has 3 saturated carbocycles. The number of carbonyl (C=O) groups is 2. The minimum atomic E-state index is -0.884. The van der Waals surface area contributed by atoms with Gasteiger partial charge in [0.2, 0.25) is 5.79 Å². The van der Waals surface area contributed by atoms with E-state index in [4.69, 9.17) is 18.9 Å². The third-order valence-electron chi connectivity index (χ3n) is 9.65. The van der Waals surface area contributed by atoms with Crippen LogP contribution < -0.4 is 0 Å². The van der Waals surface area contributed by atoms with Crippen molar-refractivity contribution < 1.29 is 28.5 Å². The quantitative estimate of drug-likeness (QED) is 0.620. The van der Waals surface area contributed by atoms with Crippen molar-refractivity contribution in [3.05, 3.63) is 11.6 Å². The van der Waals surface area contributed by atoms with Crippen molar-refractivity contribution in [1.82, 2.24) is 0 Å². The summed E-state index contributed by atoms with van der Waals surface area (Å²) in [5.74, 6) is 0.416. The normalized spacial score (nSPS) is 53.9. The summed E-state index contributed by atoms with van der Waals surface area (Å²) in [5.41, 5.74) is 0.103. The zero-order valence-electron chi connectivity index (χ0n) is 17.3. The van der Waals surface area contributed by atoms with E-state index in [1.54, 1.807) is 0 Å². The van der Waals surface area contributed by atoms with Crippen LogP contribution in [0, 0.1) is 28.6 Å². The largest absolute Gasteiger partial charge is 0.350 e. The zero-order valence-corrected chi connectivity index (χ0v) is 17.3. The number of ketones is 2. The molecule has 0 aromatic heterocycles. The van der Waals surface area contributed by atoms with E-state index >= 15 is 0 Å². The minimum absolute atomic E-state index is 0.0165. The highest BCUT2D eigenvalue weighted by Gasteiger charge is 2.76. The fourth-order valence-electron chi connectivity index (χ4n) is 8.36. The van der Waals surface area contributed by atoms with Gasteiger partial charge in [-0.1, -0.05) is 19.4 Å². The molecule has 0 N–H and O–H groups in total. The summed E-state index contributed by atoms with van der Waals surface area (Å²) >= 11 is 0. The molecule has 6 heteroatoms. The van der Waals surface area contributed by atoms with Gasteiger partial charge in [-0.3, -0.25) is 9.59 Å². The lowest BCUT2D eigenvalue weighted by molar-refractivity contribution is -0.246. The number of ether oxygens (including phenoxy) is 4. The van der Waals surface area contributed by atoms with E-state index in [1.807, 2.05) is 6.08 Å². The minimum Gasteiger partial charge on any atom is -0.350 e. The molecule has 0 bridgehead atoms. The second-order valence-corrected chi connectivity index (χ2v) is 10.5. The van der Waals surface area contributed by atoms with Gasteiger partial charge < -0.3 is 18.9 Å². The molecular weight excluding hydrogens is 372 g/mol. The average Bonchev–Trinajstić information content (AvgIpc) is 3.37. The standard InChI is InChI=1S/C23H30O6/c1-20-7-5-15(24)9-14(20)3-4-16-17-6-8-22(21(17,2)10-18(25)19(16)20)23(29-13-27-22)11-26-12-28-23/h9,16-17,19H,3-8,10-13H2,1-2H3/t16-,17+,19+,20+,21+,22+,23-/m1/s1. The molecule has 0 aromatic rings. The van der Waals surface area contributed by atoms with E-state index in [-0.39, 0.29) is 36.1 Å². The first-order valence-corrected chi connectivity index (χ1v) is 11.1. The smallest absolute Gasteiger partial charge is 0.226 e. The molecule has 29 heavy (non-hydrogen) atoms. The molecule has 2 aliphatic heterocycles. The number of hydrogen-bond acceptors (Lipinski definition) is 6. The van der Waals surface area contributed by atoms with Gasteiger partial charge in [-0.25, -0.2) is 0 Å². The number of Topliss-reactive ketones (excluding diaryl/α,β-unsaturated/α-hetero) is 1. The number of fused-ring (bicyclic) bond motifs is 7. The van der Waals surface area contributed by atoms with Crippen molar-refractivity contribution in [1.29, 1.82) is 0 Å². The van der Waals surface area contributed by atoms with Gasteiger partial charge in [0, 0.05) is 24.2 Å². The molecule has 0 unspecified atom stereocenters. The molecule has 4 aliphatic carbocycles. The van der Waals surface area contributed by atoms with Crippen LogP contribution in [0.4, 0.5) is 0 Å². The summed E-state index contributed by atoms with van der Waals surface area (Å²) < 4.78 is 24.0. The van der Waals surface area contributed by atoms with Crippen LogP contribution in [0.2, 0.25) is 0 Å². The summed E-state index contributed by atoms with van der Waals surface area (Å²) in [7, 11) is 0. The molecule has 2 spiro atoms. The highest BCUT2D eigenvalue weighted by atomic mass is 16.9. The van der Waals surface area contributed by atoms with Crippen LogP contribution in [-0.4, -0.2) is 43.1 Å². The molecule has 7 atom stereocenters. The molecule has 2 heterocycles. The highest BCUT2D eigenvalue weighted by Crippen LogP contribution is 2.70. The Kier molecular flexibility index (Phi) is 3.72. The lowest BCUT2D eigenvalue weighted by Crippen LogP contribution is -2.65. The Hall–Kier alpha value is -1.08. The predicted octanol–water partition coefficient (Wildman–Crippen LogP) is 3.14. The average molecular weight is 402 g/mol. The predicted molar refractivity (Wildman–Crippen MR) is 102 cm³/mol. The summed E-state index contributed by atoms with van der Waals surface area (Å²) in [4.78, 5) is 25.8. The Bertz CT molecular complexity index is 807. The molecular formula is C23H30O6. The lowest BCUT2D eigenvalue weighted by Gasteiger charge is -2.59. The molecule has 6 nitrogen and oxygen atoms in total. The molecule has 6 rings (SSSR count). The Balaban J connectivity index is 1.42. The SMILES string of the molecule is C[C@]12CCC(=O)C=C1CC[C@H]1[C@H]2C(=O)C[C@@]2(C)[C@H]1CC[C@]21OCO[C@]12COCO2. The monoisotopic (exact) mass is 402 g/mol. The Morgan fingerprint density at radius 2 is 1.83 bits per heavy atom. The van der Waals surface area contributed by atoms with Crippen LogP contribution in [-0.2, 0) is 28.5 Å². The second kappa shape index (κ2) is 5.78. The molecule has 0 radical (unpaired) electrons. The topological polar surface area (TPSA) is 71.1 Å². The van der Waals surface area contributed by atoms with Gasteiger partial charge >= 0.3 is 0 Å². The Labute approximate surface area is 171 Å². The number of rotatable bonds is 0. The highest BCUT2D eigenvalue weighted by molar-refractivity contribution is 5.93. The maximum absolute atomic E-state index is 13.8. The molecule has 5 fully saturated rings. The van der Waals surface area contributed by atoms with Crippen molar-refractivity contribution in [2.45, 2.75) is 70.2 Å². The molecule has 2 saturated heterocycles. The summed E-state index contributed by atoms with van der Waals surface area (Å²) in [6.45, 7) is 5.24. The second-order valence-electron chi connectivity index (χ2n) is 10.5. The van der Waals surface area contributed by atoms with Crippen LogP contribution >= 0.6 is 0 Å². The van der Waals surface area contributed by atoms with E-state index in [9.17, 15) is 9.59 Å². The van der Waals surface area contributed by atoms with Gasteiger partial charge in [0.15, 0.2) is 19.4 Å². The van der Waals surface area contributed by atoms with Gasteiger partial charge in [0.05, 0.1) is 0 Å². The number of carbonyl (C=O) groups excluding carboxylic acids is 2. The van der Waals surface area contributed by atoms with Crippen LogP contribution in [0.1, 0.15) is 58.8 Å². The van der Waals surface area contributed by atoms with Crippen molar-refractivity contribution >= 4 is 11.6 Å². The fourth-order valence-corrected chi connectivity index (χ4v) is 8.36. The van der Waals surface area contributed by atoms with E-state index in [2.05, 4.69) is 13.8 Å². The van der Waals surface area contributed by atoms with Gasteiger partial charge in [0.1, 0.15) is 18.0 Å². The molecule has 158 valence electrons. The van der Waals surface area contributed by atoms with Crippen LogP contribution in [0.15, 0.2) is 11.6 Å². The molecule has 0 aromatic carbocycles. The van der Waals surface area contributed by atoms with E-state index in [0.29, 0.717) is 37.1 Å². The first-order chi connectivity index (χ1) is 13.9. The maximum Gasteiger partial charge on any atom is 0.226 e. The van der Waals surface area contributed by atoms with Crippen molar-refractivity contribution in [2.75, 3.05) is 20.2 Å². The zero-order chi connectivity index (χ0) is 20.1. The van der Waals surface area contributed by atoms with Crippen molar-refractivity contribution in [3.8, 4) is 0 Å². The van der Waals surface area contributed by atoms with E-state index < -0.39 is 11.4 Å². The third kappa shape index (κ3) is 2.07. The van der Waals surface area contributed by atoms with E-state index in [0.717, 1.165) is 32.1 Å². The van der Waals surface area contributed by atoms with Crippen LogP contribution in [0.5, 0.6) is 0 Å². The summed E-state index contributed by atoms with van der Waals surface area (Å²) in [6, 6.07) is 0. The number of allylic oxidation sites excluding steroid dienone is 1. The van der Waals surface area contributed by atoms with Gasteiger partial charge in [-0.2, -0.15) is 0 Å².